The molecule has 0 radical (unpaired) electrons. The molecule has 4 rings (SSSR count). The summed E-state index contributed by atoms with van der Waals surface area (Å²) in [4.78, 5) is 17.2. The van der Waals surface area contributed by atoms with Crippen LogP contribution in [-0.2, 0) is 4.74 Å². The number of nitrogens with one attached hydrogen (secondary N) is 1. The number of fused-ring (bicyclic) bond motifs is 1. The molecule has 1 aliphatic rings. The molecule has 0 spiro atoms. The van der Waals surface area contributed by atoms with Crippen molar-refractivity contribution < 1.29 is 18.3 Å². The standard InChI is InChI=1S/C22H20BrFN2O3/c1-13-4-6-19(18(24)9-13)26-22-17(21(27)25-12-16-3-2-8-28-16)11-14-10-15(23)5-7-20(14)29-22/h4-7,9-11,16H,2-3,8,12H2,1H3,(H,25,27). The first-order chi connectivity index (χ1) is 14.0. The average molecular weight is 459 g/mol. The molecule has 2 aromatic carbocycles. The molecule has 7 heteroatoms. The van der Waals surface area contributed by atoms with Crippen LogP contribution in [0.1, 0.15) is 28.8 Å². The molecule has 150 valence electrons. The lowest BCUT2D eigenvalue weighted by atomic mass is 10.1. The zero-order valence-corrected chi connectivity index (χ0v) is 17.5. The van der Waals surface area contributed by atoms with Crippen molar-refractivity contribution in [1.29, 1.82) is 0 Å². The number of hydrogen-bond donors (Lipinski definition) is 1. The van der Waals surface area contributed by atoms with Crippen LogP contribution in [0.25, 0.3) is 11.0 Å². The highest BCUT2D eigenvalue weighted by Gasteiger charge is 2.19. The van der Waals surface area contributed by atoms with E-state index in [0.29, 0.717) is 18.7 Å². The van der Waals surface area contributed by atoms with Gasteiger partial charge in [0.25, 0.3) is 5.91 Å². The lowest BCUT2D eigenvalue weighted by molar-refractivity contribution is 0.0854. The summed E-state index contributed by atoms with van der Waals surface area (Å²) in [7, 11) is 0. The van der Waals surface area contributed by atoms with Crippen LogP contribution in [0.3, 0.4) is 0 Å². The normalized spacial score (nSPS) is 17.1. The monoisotopic (exact) mass is 458 g/mol. The molecule has 29 heavy (non-hydrogen) atoms. The molecule has 1 unspecified atom stereocenters. The van der Waals surface area contributed by atoms with Gasteiger partial charge >= 0.3 is 0 Å². The van der Waals surface area contributed by atoms with E-state index in [1.165, 1.54) is 6.07 Å². The summed E-state index contributed by atoms with van der Waals surface area (Å²) in [5, 5.41) is 3.62. The van der Waals surface area contributed by atoms with Gasteiger partial charge in [0, 0.05) is 23.0 Å². The number of carbonyl (C=O) groups is 1. The quantitative estimate of drug-likeness (QED) is 0.611. The first kappa shape index (κ1) is 19.8. The number of aryl methyl sites for hydroxylation is 1. The number of nitrogens with zero attached hydrogens (tertiary/aromatic N) is 1. The Bertz CT molecular complexity index is 1140. The highest BCUT2D eigenvalue weighted by molar-refractivity contribution is 9.10. The van der Waals surface area contributed by atoms with E-state index in [2.05, 4.69) is 26.2 Å². The van der Waals surface area contributed by atoms with Crippen LogP contribution in [0.4, 0.5) is 10.1 Å². The Balaban J connectivity index is 1.78. The molecule has 1 saturated heterocycles. The number of ether oxygens (including phenoxy) is 1. The van der Waals surface area contributed by atoms with Gasteiger partial charge < -0.3 is 14.5 Å². The average Bonchev–Trinajstić information content (AvgIpc) is 3.21. The Morgan fingerprint density at radius 3 is 2.90 bits per heavy atom. The third-order valence-corrected chi connectivity index (χ3v) is 5.29. The van der Waals surface area contributed by atoms with Gasteiger partial charge in [0.2, 0.25) is 5.55 Å². The topological polar surface area (TPSA) is 63.8 Å². The van der Waals surface area contributed by atoms with E-state index in [1.54, 1.807) is 31.2 Å². The minimum atomic E-state index is -0.471. The molecule has 1 aromatic heterocycles. The molecule has 1 fully saturated rings. The number of hydrogen-bond acceptors (Lipinski definition) is 4. The van der Waals surface area contributed by atoms with Gasteiger partial charge in [-0.05, 0) is 61.7 Å². The largest absolute Gasteiger partial charge is 0.438 e. The molecule has 1 amide bonds. The highest BCUT2D eigenvalue weighted by atomic mass is 79.9. The number of amides is 1. The zero-order valence-electron chi connectivity index (χ0n) is 15.9. The fourth-order valence-electron chi connectivity index (χ4n) is 3.27. The van der Waals surface area contributed by atoms with Gasteiger partial charge in [0.1, 0.15) is 22.7 Å². The number of carbonyl (C=O) groups excluding carboxylic acids is 1. The van der Waals surface area contributed by atoms with Gasteiger partial charge in [0.05, 0.1) is 6.10 Å². The molecule has 0 aliphatic carbocycles. The Kier molecular flexibility index (Phi) is 5.78. The molecular formula is C22H20BrFN2O3. The molecule has 1 aliphatic heterocycles. The van der Waals surface area contributed by atoms with Crippen molar-refractivity contribution in [2.75, 3.05) is 13.2 Å². The molecule has 2 heterocycles. The van der Waals surface area contributed by atoms with Crippen molar-refractivity contribution in [1.82, 2.24) is 5.32 Å². The van der Waals surface area contributed by atoms with Crippen LogP contribution in [0, 0.1) is 12.7 Å². The minimum absolute atomic E-state index is 0.0143. The Hall–Kier alpha value is -2.51. The van der Waals surface area contributed by atoms with E-state index >= 15 is 0 Å². The van der Waals surface area contributed by atoms with Crippen LogP contribution in [-0.4, -0.2) is 25.2 Å². The van der Waals surface area contributed by atoms with Gasteiger partial charge in [-0.25, -0.2) is 9.38 Å². The summed E-state index contributed by atoms with van der Waals surface area (Å²) in [6.07, 6.45) is 1.93. The van der Waals surface area contributed by atoms with E-state index < -0.39 is 5.82 Å². The highest BCUT2D eigenvalue weighted by Crippen LogP contribution is 2.22. The van der Waals surface area contributed by atoms with E-state index in [1.807, 2.05) is 12.1 Å². The van der Waals surface area contributed by atoms with Crippen molar-refractivity contribution in [2.24, 2.45) is 4.99 Å². The third kappa shape index (κ3) is 4.57. The molecule has 1 atom stereocenters. The maximum absolute atomic E-state index is 14.3. The summed E-state index contributed by atoms with van der Waals surface area (Å²) in [6.45, 7) is 2.93. The number of benzene rings is 2. The zero-order chi connectivity index (χ0) is 20.4. The second-order valence-electron chi connectivity index (χ2n) is 7.06. The van der Waals surface area contributed by atoms with Gasteiger partial charge in [-0.3, -0.25) is 4.79 Å². The fourth-order valence-corrected chi connectivity index (χ4v) is 3.65. The summed E-state index contributed by atoms with van der Waals surface area (Å²) in [6, 6.07) is 11.9. The van der Waals surface area contributed by atoms with E-state index in [0.717, 1.165) is 28.3 Å². The van der Waals surface area contributed by atoms with Crippen LogP contribution >= 0.6 is 15.9 Å². The maximum Gasteiger partial charge on any atom is 0.256 e. The van der Waals surface area contributed by atoms with Gasteiger partial charge in [-0.1, -0.05) is 22.0 Å². The molecule has 5 nitrogen and oxygen atoms in total. The SMILES string of the molecule is Cc1ccc(N=c2oc3ccc(Br)cc3cc2C(=O)NCC2CCCO2)c(F)c1. The van der Waals surface area contributed by atoms with Crippen LogP contribution in [0.5, 0.6) is 0 Å². The third-order valence-electron chi connectivity index (χ3n) is 4.79. The molecule has 0 bridgehead atoms. The molecule has 3 aromatic rings. The first-order valence-corrected chi connectivity index (χ1v) is 10.2. The Labute approximate surface area is 175 Å². The van der Waals surface area contributed by atoms with Crippen LogP contribution < -0.4 is 10.9 Å². The lowest BCUT2D eigenvalue weighted by Crippen LogP contribution is -2.34. The molecule has 1 N–H and O–H groups in total. The predicted molar refractivity (Wildman–Crippen MR) is 112 cm³/mol. The maximum atomic E-state index is 14.3. The summed E-state index contributed by atoms with van der Waals surface area (Å²) in [5.74, 6) is -0.806. The minimum Gasteiger partial charge on any atom is -0.438 e. The van der Waals surface area contributed by atoms with Crippen molar-refractivity contribution in [3.05, 3.63) is 69.4 Å². The van der Waals surface area contributed by atoms with Crippen molar-refractivity contribution in [3.63, 3.8) is 0 Å². The molecular weight excluding hydrogens is 439 g/mol. The van der Waals surface area contributed by atoms with Crippen molar-refractivity contribution in [3.8, 4) is 0 Å². The van der Waals surface area contributed by atoms with Crippen molar-refractivity contribution in [2.45, 2.75) is 25.9 Å². The van der Waals surface area contributed by atoms with Gasteiger partial charge in [-0.2, -0.15) is 0 Å². The van der Waals surface area contributed by atoms with E-state index in [-0.39, 0.29) is 28.8 Å². The Morgan fingerprint density at radius 1 is 1.28 bits per heavy atom. The number of rotatable bonds is 4. The fraction of sp³-hybridized carbons (Fsp3) is 0.273. The van der Waals surface area contributed by atoms with Crippen LogP contribution in [0.2, 0.25) is 0 Å². The smallest absolute Gasteiger partial charge is 0.256 e. The summed E-state index contributed by atoms with van der Waals surface area (Å²) in [5.41, 5.74) is 1.76. The number of halogens is 2. The van der Waals surface area contributed by atoms with Gasteiger partial charge in [0.15, 0.2) is 0 Å². The van der Waals surface area contributed by atoms with Crippen molar-refractivity contribution >= 4 is 38.5 Å². The van der Waals surface area contributed by atoms with Crippen LogP contribution in [0.15, 0.2) is 56.3 Å². The predicted octanol–water partition coefficient (Wildman–Crippen LogP) is 4.78. The van der Waals surface area contributed by atoms with E-state index in [4.69, 9.17) is 9.15 Å². The summed E-state index contributed by atoms with van der Waals surface area (Å²) >= 11 is 3.43. The second-order valence-corrected chi connectivity index (χ2v) is 7.97. The molecule has 0 saturated carbocycles. The first-order valence-electron chi connectivity index (χ1n) is 9.44. The second kappa shape index (κ2) is 8.47. The van der Waals surface area contributed by atoms with E-state index in [9.17, 15) is 9.18 Å². The lowest BCUT2D eigenvalue weighted by Gasteiger charge is -2.11. The summed E-state index contributed by atoms with van der Waals surface area (Å²) < 4.78 is 26.6. The Morgan fingerprint density at radius 2 is 2.14 bits per heavy atom. The van der Waals surface area contributed by atoms with Gasteiger partial charge in [-0.15, -0.1) is 0 Å².